The van der Waals surface area contributed by atoms with Crippen molar-refractivity contribution in [2.45, 2.75) is 11.4 Å². The molecule has 1 aliphatic heterocycles. The summed E-state index contributed by atoms with van der Waals surface area (Å²) in [4.78, 5) is 4.77. The predicted octanol–water partition coefficient (Wildman–Crippen LogP) is 2.26. The summed E-state index contributed by atoms with van der Waals surface area (Å²) in [6.07, 6.45) is 0. The first kappa shape index (κ1) is 17.9. The fraction of sp³-hybridized carbons (Fsp3) is 0.368. The third kappa shape index (κ3) is 4.21. The van der Waals surface area contributed by atoms with Gasteiger partial charge in [-0.05, 0) is 29.8 Å². The molecule has 2 aromatic carbocycles. The molecule has 6 heteroatoms. The molecule has 3 rings (SSSR count). The van der Waals surface area contributed by atoms with Gasteiger partial charge >= 0.3 is 0 Å². The van der Waals surface area contributed by atoms with Gasteiger partial charge in [0, 0.05) is 52.5 Å². The first-order valence-electron chi connectivity index (χ1n) is 8.50. The molecule has 0 atom stereocenters. The van der Waals surface area contributed by atoms with Crippen LogP contribution >= 0.6 is 0 Å². The molecule has 0 spiro atoms. The first-order chi connectivity index (χ1) is 12.0. The minimum absolute atomic E-state index is 0.378. The van der Waals surface area contributed by atoms with E-state index in [9.17, 15) is 8.42 Å². The zero-order chi connectivity index (χ0) is 17.9. The lowest BCUT2D eigenvalue weighted by atomic mass is 10.2. The Labute approximate surface area is 150 Å². The van der Waals surface area contributed by atoms with E-state index in [1.54, 1.807) is 28.6 Å². The Morgan fingerprint density at radius 1 is 0.880 bits per heavy atom. The number of anilines is 1. The molecule has 2 aromatic rings. The van der Waals surface area contributed by atoms with Crippen LogP contribution in [0, 0.1) is 0 Å². The quantitative estimate of drug-likeness (QED) is 0.821. The lowest BCUT2D eigenvalue weighted by Crippen LogP contribution is -2.48. The van der Waals surface area contributed by atoms with E-state index in [2.05, 4.69) is 34.1 Å². The second-order valence-corrected chi connectivity index (χ2v) is 8.49. The highest BCUT2D eigenvalue weighted by molar-refractivity contribution is 7.89. The number of rotatable bonds is 5. The Kier molecular flexibility index (Phi) is 5.42. The van der Waals surface area contributed by atoms with E-state index in [-0.39, 0.29) is 0 Å². The van der Waals surface area contributed by atoms with Gasteiger partial charge in [-0.25, -0.2) is 8.42 Å². The summed E-state index contributed by atoms with van der Waals surface area (Å²) in [6.45, 7) is 3.43. The van der Waals surface area contributed by atoms with Crippen LogP contribution in [0.3, 0.4) is 0 Å². The van der Waals surface area contributed by atoms with Gasteiger partial charge in [0.2, 0.25) is 10.0 Å². The summed E-state index contributed by atoms with van der Waals surface area (Å²) in [5, 5.41) is 0. The molecule has 0 amide bonds. The molecule has 1 heterocycles. The number of sulfonamides is 1. The van der Waals surface area contributed by atoms with Crippen molar-refractivity contribution in [3.63, 3.8) is 0 Å². The van der Waals surface area contributed by atoms with Gasteiger partial charge in [0.15, 0.2) is 0 Å². The number of piperazine rings is 1. The Morgan fingerprint density at radius 2 is 1.48 bits per heavy atom. The standard InChI is InChI=1S/C19H25N3O2S/c1-20(2)18-10-8-17(9-11-18)16-21-12-14-22(15-13-21)25(23,24)19-6-4-3-5-7-19/h3-11H,12-16H2,1-2H3. The van der Waals surface area contributed by atoms with E-state index < -0.39 is 10.0 Å². The van der Waals surface area contributed by atoms with Crippen LogP contribution in [-0.2, 0) is 16.6 Å². The van der Waals surface area contributed by atoms with E-state index >= 15 is 0 Å². The van der Waals surface area contributed by atoms with E-state index in [0.29, 0.717) is 18.0 Å². The second-order valence-electron chi connectivity index (χ2n) is 6.55. The summed E-state index contributed by atoms with van der Waals surface area (Å²) in [7, 11) is 0.686. The summed E-state index contributed by atoms with van der Waals surface area (Å²) in [5.41, 5.74) is 2.44. The molecule has 0 N–H and O–H groups in total. The van der Waals surface area contributed by atoms with Gasteiger partial charge in [-0.2, -0.15) is 4.31 Å². The zero-order valence-electron chi connectivity index (χ0n) is 14.8. The molecule has 134 valence electrons. The van der Waals surface area contributed by atoms with Gasteiger partial charge in [-0.15, -0.1) is 0 Å². The van der Waals surface area contributed by atoms with Crippen molar-refractivity contribution >= 4 is 15.7 Å². The lowest BCUT2D eigenvalue weighted by molar-refractivity contribution is 0.181. The van der Waals surface area contributed by atoms with Crippen LogP contribution in [0.4, 0.5) is 5.69 Å². The minimum Gasteiger partial charge on any atom is -0.378 e. The summed E-state index contributed by atoms with van der Waals surface area (Å²) in [5.74, 6) is 0. The summed E-state index contributed by atoms with van der Waals surface area (Å²) >= 11 is 0. The van der Waals surface area contributed by atoms with Gasteiger partial charge in [0.25, 0.3) is 0 Å². The SMILES string of the molecule is CN(C)c1ccc(CN2CCN(S(=O)(=O)c3ccccc3)CC2)cc1. The highest BCUT2D eigenvalue weighted by atomic mass is 32.2. The maximum absolute atomic E-state index is 12.7. The highest BCUT2D eigenvalue weighted by Gasteiger charge is 2.28. The molecule has 25 heavy (non-hydrogen) atoms. The molecule has 1 saturated heterocycles. The Bertz CT molecular complexity index is 781. The average molecular weight is 359 g/mol. The first-order valence-corrected chi connectivity index (χ1v) is 9.94. The lowest BCUT2D eigenvalue weighted by Gasteiger charge is -2.34. The fourth-order valence-electron chi connectivity index (χ4n) is 3.03. The smallest absolute Gasteiger partial charge is 0.243 e. The maximum atomic E-state index is 12.7. The van der Waals surface area contributed by atoms with Crippen molar-refractivity contribution in [3.05, 3.63) is 60.2 Å². The Morgan fingerprint density at radius 3 is 2.04 bits per heavy atom. The van der Waals surface area contributed by atoms with E-state index in [1.165, 1.54) is 11.3 Å². The monoisotopic (exact) mass is 359 g/mol. The largest absolute Gasteiger partial charge is 0.378 e. The van der Waals surface area contributed by atoms with Gasteiger partial charge in [0.05, 0.1) is 4.90 Å². The Balaban J connectivity index is 1.58. The molecular weight excluding hydrogens is 334 g/mol. The van der Waals surface area contributed by atoms with Crippen molar-refractivity contribution in [2.24, 2.45) is 0 Å². The van der Waals surface area contributed by atoms with Gasteiger partial charge in [-0.3, -0.25) is 4.90 Å². The highest BCUT2D eigenvalue weighted by Crippen LogP contribution is 2.19. The van der Waals surface area contributed by atoms with Gasteiger partial charge in [-0.1, -0.05) is 30.3 Å². The molecule has 1 fully saturated rings. The molecule has 0 aliphatic carbocycles. The van der Waals surface area contributed by atoms with Crippen LogP contribution in [0.25, 0.3) is 0 Å². The van der Waals surface area contributed by atoms with Crippen molar-refractivity contribution in [2.75, 3.05) is 45.2 Å². The van der Waals surface area contributed by atoms with E-state index in [0.717, 1.165) is 19.6 Å². The third-order valence-electron chi connectivity index (χ3n) is 4.57. The number of hydrogen-bond donors (Lipinski definition) is 0. The van der Waals surface area contributed by atoms with Crippen LogP contribution in [0.5, 0.6) is 0 Å². The Hall–Kier alpha value is -1.89. The van der Waals surface area contributed by atoms with Gasteiger partial charge < -0.3 is 4.90 Å². The predicted molar refractivity (Wildman–Crippen MR) is 101 cm³/mol. The fourth-order valence-corrected chi connectivity index (χ4v) is 4.47. The molecule has 0 radical (unpaired) electrons. The van der Waals surface area contributed by atoms with Crippen LogP contribution in [-0.4, -0.2) is 57.9 Å². The molecular formula is C19H25N3O2S. The van der Waals surface area contributed by atoms with Crippen molar-refractivity contribution < 1.29 is 8.42 Å². The number of nitrogens with zero attached hydrogens (tertiary/aromatic N) is 3. The average Bonchev–Trinajstić information content (AvgIpc) is 2.63. The second kappa shape index (κ2) is 7.56. The van der Waals surface area contributed by atoms with Crippen molar-refractivity contribution in [1.29, 1.82) is 0 Å². The maximum Gasteiger partial charge on any atom is 0.243 e. The van der Waals surface area contributed by atoms with Crippen LogP contribution in [0.1, 0.15) is 5.56 Å². The van der Waals surface area contributed by atoms with Gasteiger partial charge in [0.1, 0.15) is 0 Å². The molecule has 0 aromatic heterocycles. The third-order valence-corrected chi connectivity index (χ3v) is 6.48. The molecule has 0 saturated carbocycles. The van der Waals surface area contributed by atoms with Crippen LogP contribution in [0.2, 0.25) is 0 Å². The zero-order valence-corrected chi connectivity index (χ0v) is 15.6. The number of benzene rings is 2. The normalized spacial score (nSPS) is 16.7. The van der Waals surface area contributed by atoms with Crippen LogP contribution < -0.4 is 4.90 Å². The molecule has 5 nitrogen and oxygen atoms in total. The van der Waals surface area contributed by atoms with E-state index in [1.807, 2.05) is 20.2 Å². The van der Waals surface area contributed by atoms with Crippen LogP contribution in [0.15, 0.2) is 59.5 Å². The van der Waals surface area contributed by atoms with Crippen molar-refractivity contribution in [1.82, 2.24) is 9.21 Å². The summed E-state index contributed by atoms with van der Waals surface area (Å²) in [6, 6.07) is 17.2. The number of hydrogen-bond acceptors (Lipinski definition) is 4. The minimum atomic E-state index is -3.37. The molecule has 0 bridgehead atoms. The molecule has 0 unspecified atom stereocenters. The topological polar surface area (TPSA) is 43.9 Å². The van der Waals surface area contributed by atoms with E-state index in [4.69, 9.17) is 0 Å². The summed E-state index contributed by atoms with van der Waals surface area (Å²) < 4.78 is 26.9. The van der Waals surface area contributed by atoms with Crippen molar-refractivity contribution in [3.8, 4) is 0 Å². The molecule has 1 aliphatic rings.